The van der Waals surface area contributed by atoms with E-state index in [0.717, 1.165) is 12.8 Å². The maximum absolute atomic E-state index is 12.1. The number of aromatic nitrogens is 3. The van der Waals surface area contributed by atoms with Gasteiger partial charge in [-0.25, -0.2) is 9.97 Å². The summed E-state index contributed by atoms with van der Waals surface area (Å²) in [5.74, 6) is 0.257. The molecule has 0 radical (unpaired) electrons. The topological polar surface area (TPSA) is 79.5 Å². The summed E-state index contributed by atoms with van der Waals surface area (Å²) >= 11 is 0. The van der Waals surface area contributed by atoms with Gasteiger partial charge in [0.1, 0.15) is 5.69 Å². The summed E-state index contributed by atoms with van der Waals surface area (Å²) in [6.45, 7) is 4.53. The van der Waals surface area contributed by atoms with Crippen molar-refractivity contribution in [1.29, 1.82) is 0 Å². The average molecular weight is 276 g/mol. The van der Waals surface area contributed by atoms with E-state index in [1.54, 1.807) is 29.1 Å². The summed E-state index contributed by atoms with van der Waals surface area (Å²) < 4.78 is 1.70. The van der Waals surface area contributed by atoms with Gasteiger partial charge < -0.3 is 10.4 Å². The maximum atomic E-state index is 12.1. The van der Waals surface area contributed by atoms with Gasteiger partial charge in [0.15, 0.2) is 0 Å². The molecule has 2 aromatic rings. The number of nitrogens with zero attached hydrogens (tertiary/aromatic N) is 3. The molecule has 1 amide bonds. The number of imidazole rings is 1. The van der Waals surface area contributed by atoms with Gasteiger partial charge in [-0.2, -0.15) is 0 Å². The molecule has 0 saturated carbocycles. The third-order valence-corrected chi connectivity index (χ3v) is 3.93. The summed E-state index contributed by atoms with van der Waals surface area (Å²) in [6, 6.07) is 1.78. The molecule has 0 saturated heterocycles. The van der Waals surface area contributed by atoms with Crippen LogP contribution in [0.3, 0.4) is 0 Å². The van der Waals surface area contributed by atoms with Gasteiger partial charge in [-0.15, -0.1) is 0 Å². The molecule has 0 aliphatic carbocycles. The zero-order valence-electron chi connectivity index (χ0n) is 11.8. The van der Waals surface area contributed by atoms with Crippen molar-refractivity contribution in [2.24, 2.45) is 5.41 Å². The van der Waals surface area contributed by atoms with Crippen molar-refractivity contribution in [3.63, 3.8) is 0 Å². The normalized spacial score (nSPS) is 11.8. The fourth-order valence-electron chi connectivity index (χ4n) is 2.08. The Morgan fingerprint density at radius 3 is 2.80 bits per heavy atom. The first-order valence-electron chi connectivity index (χ1n) is 6.83. The zero-order chi connectivity index (χ0) is 14.6. The number of amides is 1. The van der Waals surface area contributed by atoms with Crippen LogP contribution in [0.5, 0.6) is 0 Å². The van der Waals surface area contributed by atoms with Crippen molar-refractivity contribution in [3.05, 3.63) is 30.4 Å². The van der Waals surface area contributed by atoms with Crippen LogP contribution in [0.2, 0.25) is 0 Å². The summed E-state index contributed by atoms with van der Waals surface area (Å²) in [6.07, 6.45) is 6.70. The van der Waals surface area contributed by atoms with E-state index in [9.17, 15) is 9.90 Å². The molecule has 6 nitrogen and oxygen atoms in total. The van der Waals surface area contributed by atoms with Crippen LogP contribution < -0.4 is 5.32 Å². The average Bonchev–Trinajstić information content (AvgIpc) is 2.93. The number of hydrogen-bond donors (Lipinski definition) is 2. The van der Waals surface area contributed by atoms with E-state index in [1.165, 1.54) is 0 Å². The van der Waals surface area contributed by atoms with Gasteiger partial charge in [-0.3, -0.25) is 9.20 Å². The maximum Gasteiger partial charge on any atom is 0.271 e. The van der Waals surface area contributed by atoms with Gasteiger partial charge in [0.25, 0.3) is 5.91 Å². The van der Waals surface area contributed by atoms with E-state index in [4.69, 9.17) is 0 Å². The molecule has 0 aliphatic heterocycles. The monoisotopic (exact) mass is 276 g/mol. The molecular weight excluding hydrogens is 256 g/mol. The summed E-state index contributed by atoms with van der Waals surface area (Å²) in [5.41, 5.74) is 0.0790. The van der Waals surface area contributed by atoms with Crippen molar-refractivity contribution < 1.29 is 9.90 Å². The minimum atomic E-state index is -0.257. The van der Waals surface area contributed by atoms with E-state index in [-0.39, 0.29) is 17.9 Å². The third kappa shape index (κ3) is 2.80. The number of carbonyl (C=O) groups excluding carboxylic acids is 1. The van der Waals surface area contributed by atoms with E-state index in [1.807, 2.05) is 13.8 Å². The lowest BCUT2D eigenvalue weighted by atomic mass is 9.83. The van der Waals surface area contributed by atoms with Crippen LogP contribution in [0.15, 0.2) is 24.7 Å². The van der Waals surface area contributed by atoms with Crippen LogP contribution in [0.4, 0.5) is 0 Å². The van der Waals surface area contributed by atoms with E-state index in [0.29, 0.717) is 18.0 Å². The van der Waals surface area contributed by atoms with Crippen LogP contribution in [-0.2, 0) is 0 Å². The molecule has 20 heavy (non-hydrogen) atoms. The van der Waals surface area contributed by atoms with E-state index >= 15 is 0 Å². The van der Waals surface area contributed by atoms with E-state index in [2.05, 4.69) is 15.3 Å². The fourth-order valence-corrected chi connectivity index (χ4v) is 2.08. The SMILES string of the molecule is CCC(CC)(CO)CNC(=O)c1cn2cccnc2n1. The Kier molecular flexibility index (Phi) is 4.34. The summed E-state index contributed by atoms with van der Waals surface area (Å²) in [5, 5.41) is 12.3. The lowest BCUT2D eigenvalue weighted by Gasteiger charge is -2.29. The van der Waals surface area contributed by atoms with Crippen molar-refractivity contribution in [2.75, 3.05) is 13.2 Å². The lowest BCUT2D eigenvalue weighted by molar-refractivity contribution is 0.0847. The summed E-state index contributed by atoms with van der Waals surface area (Å²) in [7, 11) is 0. The number of aliphatic hydroxyl groups is 1. The molecule has 0 fully saturated rings. The molecule has 2 aromatic heterocycles. The minimum Gasteiger partial charge on any atom is -0.396 e. The largest absolute Gasteiger partial charge is 0.396 e. The van der Waals surface area contributed by atoms with Gasteiger partial charge in [0.2, 0.25) is 5.78 Å². The quantitative estimate of drug-likeness (QED) is 0.832. The highest BCUT2D eigenvalue weighted by molar-refractivity contribution is 5.92. The van der Waals surface area contributed by atoms with Gasteiger partial charge in [-0.05, 0) is 18.9 Å². The first-order chi connectivity index (χ1) is 9.64. The van der Waals surface area contributed by atoms with Gasteiger partial charge in [-0.1, -0.05) is 13.8 Å². The second-order valence-corrected chi connectivity index (χ2v) is 5.00. The molecule has 0 bridgehead atoms. The van der Waals surface area contributed by atoms with E-state index < -0.39 is 0 Å². The first kappa shape index (κ1) is 14.5. The standard InChI is InChI=1S/C14H20N4O2/c1-3-14(4-2,10-19)9-16-12(20)11-8-18-7-5-6-15-13(18)17-11/h5-8,19H,3-4,9-10H2,1-2H3,(H,16,20). The van der Waals surface area contributed by atoms with Crippen LogP contribution in [-0.4, -0.2) is 38.5 Å². The number of aliphatic hydroxyl groups excluding tert-OH is 1. The van der Waals surface area contributed by atoms with Crippen molar-refractivity contribution in [2.45, 2.75) is 26.7 Å². The Morgan fingerprint density at radius 2 is 2.20 bits per heavy atom. The number of carbonyl (C=O) groups is 1. The predicted octanol–water partition coefficient (Wildman–Crippen LogP) is 1.26. The van der Waals surface area contributed by atoms with Crippen LogP contribution in [0.1, 0.15) is 37.2 Å². The Morgan fingerprint density at radius 1 is 1.45 bits per heavy atom. The highest BCUT2D eigenvalue weighted by Crippen LogP contribution is 2.24. The van der Waals surface area contributed by atoms with Crippen LogP contribution >= 0.6 is 0 Å². The molecule has 0 aromatic carbocycles. The fraction of sp³-hybridized carbons (Fsp3) is 0.500. The first-order valence-corrected chi connectivity index (χ1v) is 6.83. The van der Waals surface area contributed by atoms with Crippen LogP contribution in [0, 0.1) is 5.41 Å². The molecule has 0 atom stereocenters. The molecular formula is C14H20N4O2. The molecule has 2 rings (SSSR count). The van der Waals surface area contributed by atoms with Crippen molar-refractivity contribution in [1.82, 2.24) is 19.7 Å². The Hall–Kier alpha value is -1.95. The van der Waals surface area contributed by atoms with Gasteiger partial charge in [0.05, 0.1) is 6.61 Å². The van der Waals surface area contributed by atoms with Crippen molar-refractivity contribution >= 4 is 11.7 Å². The molecule has 2 heterocycles. The molecule has 0 unspecified atom stereocenters. The zero-order valence-corrected chi connectivity index (χ0v) is 11.8. The summed E-state index contributed by atoms with van der Waals surface area (Å²) in [4.78, 5) is 20.4. The third-order valence-electron chi connectivity index (χ3n) is 3.93. The Labute approximate surface area is 117 Å². The Bertz CT molecular complexity index is 548. The molecule has 108 valence electrons. The molecule has 0 aliphatic rings. The number of hydrogen-bond acceptors (Lipinski definition) is 4. The predicted molar refractivity (Wildman–Crippen MR) is 75.4 cm³/mol. The number of fused-ring (bicyclic) bond motifs is 1. The lowest BCUT2D eigenvalue weighted by Crippen LogP contribution is -2.39. The van der Waals surface area contributed by atoms with Crippen LogP contribution in [0.25, 0.3) is 5.78 Å². The number of rotatable bonds is 6. The second kappa shape index (κ2) is 6.00. The molecule has 2 N–H and O–H groups in total. The molecule has 0 spiro atoms. The van der Waals surface area contributed by atoms with Gasteiger partial charge in [0, 0.05) is 30.6 Å². The van der Waals surface area contributed by atoms with Gasteiger partial charge >= 0.3 is 0 Å². The highest BCUT2D eigenvalue weighted by atomic mass is 16.3. The molecule has 6 heteroatoms. The van der Waals surface area contributed by atoms with Crippen molar-refractivity contribution in [3.8, 4) is 0 Å². The smallest absolute Gasteiger partial charge is 0.271 e. The number of nitrogens with one attached hydrogen (secondary N) is 1. The highest BCUT2D eigenvalue weighted by Gasteiger charge is 2.26. The Balaban J connectivity index is 2.08. The second-order valence-electron chi connectivity index (χ2n) is 5.00. The minimum absolute atomic E-state index is 0.0625.